The van der Waals surface area contributed by atoms with Gasteiger partial charge in [-0.05, 0) is 30.4 Å². The van der Waals surface area contributed by atoms with E-state index in [1.54, 1.807) is 6.07 Å². The largest absolute Gasteiger partial charge is 0.433 e. The highest BCUT2D eigenvalue weighted by Crippen LogP contribution is 2.24. The fourth-order valence-electron chi connectivity index (χ4n) is 2.98. The molecule has 0 saturated carbocycles. The van der Waals surface area contributed by atoms with E-state index < -0.39 is 16.3 Å². The van der Waals surface area contributed by atoms with Crippen molar-refractivity contribution in [2.24, 2.45) is 0 Å². The monoisotopic (exact) mass is 386 g/mol. The molecular formula is C18H15FN4O5. The van der Waals surface area contributed by atoms with Crippen LogP contribution in [0.2, 0.25) is 0 Å². The fourth-order valence-corrected chi connectivity index (χ4v) is 2.98. The predicted molar refractivity (Wildman–Crippen MR) is 99.6 cm³/mol. The van der Waals surface area contributed by atoms with Crippen molar-refractivity contribution >= 4 is 34.6 Å². The number of aromatic amines is 1. The summed E-state index contributed by atoms with van der Waals surface area (Å²) in [5.74, 6) is -0.420. The van der Waals surface area contributed by atoms with Gasteiger partial charge >= 0.3 is 5.88 Å². The lowest BCUT2D eigenvalue weighted by Gasteiger charge is -2.29. The molecule has 3 heterocycles. The van der Waals surface area contributed by atoms with E-state index in [0.29, 0.717) is 37.5 Å². The lowest BCUT2D eigenvalue weighted by Crippen LogP contribution is -2.36. The second kappa shape index (κ2) is 7.24. The molecule has 0 unspecified atom stereocenters. The zero-order valence-electron chi connectivity index (χ0n) is 14.6. The van der Waals surface area contributed by atoms with E-state index >= 15 is 0 Å². The van der Waals surface area contributed by atoms with Crippen LogP contribution in [-0.2, 0) is 4.74 Å². The molecule has 1 aliphatic rings. The molecule has 1 fully saturated rings. The van der Waals surface area contributed by atoms with Crippen molar-refractivity contribution in [1.29, 1.82) is 0 Å². The number of aromatic nitrogens is 2. The van der Waals surface area contributed by atoms with E-state index in [1.807, 2.05) is 4.90 Å². The highest BCUT2D eigenvalue weighted by molar-refractivity contribution is 5.83. The molecule has 9 nitrogen and oxygen atoms in total. The highest BCUT2D eigenvalue weighted by atomic mass is 19.1. The minimum absolute atomic E-state index is 0.139. The second-order valence-corrected chi connectivity index (χ2v) is 6.14. The summed E-state index contributed by atoms with van der Waals surface area (Å²) in [4.78, 5) is 31.1. The molecule has 4 rings (SSSR count). The van der Waals surface area contributed by atoms with Gasteiger partial charge < -0.3 is 19.0 Å². The van der Waals surface area contributed by atoms with Crippen molar-refractivity contribution in [2.45, 2.75) is 0 Å². The van der Waals surface area contributed by atoms with Gasteiger partial charge in [0.05, 0.1) is 35.9 Å². The average Bonchev–Trinajstić information content (AvgIpc) is 3.17. The van der Waals surface area contributed by atoms with Gasteiger partial charge in [0.15, 0.2) is 0 Å². The van der Waals surface area contributed by atoms with Crippen LogP contribution in [0.1, 0.15) is 11.6 Å². The number of halogens is 1. The van der Waals surface area contributed by atoms with Crippen LogP contribution in [0.5, 0.6) is 0 Å². The van der Waals surface area contributed by atoms with E-state index in [2.05, 4.69) is 9.97 Å². The van der Waals surface area contributed by atoms with Gasteiger partial charge in [0.1, 0.15) is 22.3 Å². The molecule has 0 spiro atoms. The molecule has 3 aromatic rings. The Morgan fingerprint density at radius 1 is 1.25 bits per heavy atom. The van der Waals surface area contributed by atoms with Crippen molar-refractivity contribution in [1.82, 2.24) is 9.97 Å². The Balaban J connectivity index is 1.69. The number of hydrogen-bond acceptors (Lipinski definition) is 7. The molecule has 0 bridgehead atoms. The maximum atomic E-state index is 14.5. The standard InChI is InChI=1S/C18H15FN4O5/c19-13-9-12-14(10-15(13)22-5-7-27-8-6-22)20-16(21-18(12)24)3-1-11-2-4-17(28-11)23(25)26/h1-4,9-10H,5-8H2,(H,20,21,24). The first-order valence-corrected chi connectivity index (χ1v) is 8.50. The summed E-state index contributed by atoms with van der Waals surface area (Å²) in [5, 5.41) is 10.8. The third kappa shape index (κ3) is 3.49. The molecule has 144 valence electrons. The molecular weight excluding hydrogens is 371 g/mol. The van der Waals surface area contributed by atoms with Crippen molar-refractivity contribution in [3.05, 3.63) is 62.1 Å². The molecule has 0 atom stereocenters. The Morgan fingerprint density at radius 3 is 2.75 bits per heavy atom. The lowest BCUT2D eigenvalue weighted by molar-refractivity contribution is -0.402. The normalized spacial score (nSPS) is 14.8. The van der Waals surface area contributed by atoms with Crippen molar-refractivity contribution in [2.75, 3.05) is 31.2 Å². The van der Waals surface area contributed by atoms with Gasteiger partial charge in [-0.3, -0.25) is 14.9 Å². The predicted octanol–water partition coefficient (Wildman–Crippen LogP) is 2.57. The summed E-state index contributed by atoms with van der Waals surface area (Å²) in [6.07, 6.45) is 2.91. The SMILES string of the molecule is O=c1[nH]c(C=Cc2ccc([N+](=O)[O-])o2)nc2cc(N3CCOCC3)c(F)cc12. The molecule has 2 aromatic heterocycles. The van der Waals surface area contributed by atoms with Gasteiger partial charge in [0.25, 0.3) is 5.56 Å². The minimum atomic E-state index is -0.644. The van der Waals surface area contributed by atoms with Gasteiger partial charge in [-0.25, -0.2) is 9.37 Å². The number of anilines is 1. The van der Waals surface area contributed by atoms with Crippen LogP contribution in [-0.4, -0.2) is 41.2 Å². The number of rotatable bonds is 4. The smallest absolute Gasteiger partial charge is 0.401 e. The van der Waals surface area contributed by atoms with Crippen molar-refractivity contribution in [3.63, 3.8) is 0 Å². The number of nitrogens with zero attached hydrogens (tertiary/aromatic N) is 3. The first kappa shape index (κ1) is 17.9. The Kier molecular flexibility index (Phi) is 4.62. The van der Waals surface area contributed by atoms with Crippen molar-refractivity contribution in [3.8, 4) is 0 Å². The summed E-state index contributed by atoms with van der Waals surface area (Å²) in [6, 6.07) is 5.38. The number of morpholine rings is 1. The van der Waals surface area contributed by atoms with Gasteiger partial charge in [0.2, 0.25) is 0 Å². The summed E-state index contributed by atoms with van der Waals surface area (Å²) >= 11 is 0. The van der Waals surface area contributed by atoms with Crippen LogP contribution in [0, 0.1) is 15.9 Å². The highest BCUT2D eigenvalue weighted by Gasteiger charge is 2.17. The van der Waals surface area contributed by atoms with Crippen LogP contribution in [0.15, 0.2) is 33.5 Å². The van der Waals surface area contributed by atoms with E-state index in [0.717, 1.165) is 0 Å². The zero-order valence-corrected chi connectivity index (χ0v) is 14.6. The quantitative estimate of drug-likeness (QED) is 0.541. The number of benzene rings is 1. The Bertz CT molecular complexity index is 1130. The molecule has 0 radical (unpaired) electrons. The number of H-pyrrole nitrogens is 1. The number of hydrogen-bond donors (Lipinski definition) is 1. The third-order valence-corrected chi connectivity index (χ3v) is 4.34. The molecule has 1 N–H and O–H groups in total. The minimum Gasteiger partial charge on any atom is -0.401 e. The molecule has 0 aliphatic carbocycles. The second-order valence-electron chi connectivity index (χ2n) is 6.14. The van der Waals surface area contributed by atoms with Gasteiger partial charge in [-0.1, -0.05) is 0 Å². The van der Waals surface area contributed by atoms with Crippen LogP contribution in [0.25, 0.3) is 23.1 Å². The molecule has 0 amide bonds. The number of fused-ring (bicyclic) bond motifs is 1. The zero-order chi connectivity index (χ0) is 19.7. The molecule has 1 aromatic carbocycles. The summed E-state index contributed by atoms with van der Waals surface area (Å²) < 4.78 is 24.8. The molecule has 1 saturated heterocycles. The average molecular weight is 386 g/mol. The Hall–Kier alpha value is -3.53. The van der Waals surface area contributed by atoms with Crippen LogP contribution in [0.3, 0.4) is 0 Å². The topological polar surface area (TPSA) is 114 Å². The van der Waals surface area contributed by atoms with E-state index in [1.165, 1.54) is 30.4 Å². The number of nitrogens with one attached hydrogen (secondary N) is 1. The fraction of sp³-hybridized carbons (Fsp3) is 0.222. The Labute approximate surface area is 157 Å². The summed E-state index contributed by atoms with van der Waals surface area (Å²) in [6.45, 7) is 2.11. The lowest BCUT2D eigenvalue weighted by atomic mass is 10.2. The van der Waals surface area contributed by atoms with Gasteiger partial charge in [-0.15, -0.1) is 0 Å². The van der Waals surface area contributed by atoms with Gasteiger partial charge in [0, 0.05) is 13.1 Å². The number of furan rings is 1. The first-order valence-electron chi connectivity index (χ1n) is 8.50. The van der Waals surface area contributed by atoms with E-state index in [4.69, 9.17) is 9.15 Å². The summed E-state index contributed by atoms with van der Waals surface area (Å²) in [5.41, 5.74) is 0.227. The van der Waals surface area contributed by atoms with Crippen LogP contribution < -0.4 is 10.5 Å². The maximum absolute atomic E-state index is 14.5. The number of ether oxygens (including phenoxy) is 1. The molecule has 28 heavy (non-hydrogen) atoms. The maximum Gasteiger partial charge on any atom is 0.433 e. The first-order chi connectivity index (χ1) is 13.5. The van der Waals surface area contributed by atoms with E-state index in [9.17, 15) is 19.3 Å². The molecule has 10 heteroatoms. The van der Waals surface area contributed by atoms with E-state index in [-0.39, 0.29) is 22.9 Å². The van der Waals surface area contributed by atoms with Crippen molar-refractivity contribution < 1.29 is 18.5 Å². The van der Waals surface area contributed by atoms with Gasteiger partial charge in [-0.2, -0.15) is 0 Å². The number of nitro groups is 1. The van der Waals surface area contributed by atoms with Crippen LogP contribution in [0.4, 0.5) is 16.0 Å². The third-order valence-electron chi connectivity index (χ3n) is 4.34. The molecule has 1 aliphatic heterocycles. The Morgan fingerprint density at radius 2 is 2.04 bits per heavy atom. The summed E-state index contributed by atoms with van der Waals surface area (Å²) in [7, 11) is 0. The van der Waals surface area contributed by atoms with Crippen LogP contribution >= 0.6 is 0 Å².